The van der Waals surface area contributed by atoms with Crippen LogP contribution in [0.15, 0.2) is 11.1 Å². The monoisotopic (exact) mass is 246 g/mol. The molecule has 1 unspecified atom stereocenters. The van der Waals surface area contributed by atoms with Gasteiger partial charge in [-0.1, -0.05) is 29.4 Å². The lowest BCUT2D eigenvalue weighted by molar-refractivity contribution is 0.230. The van der Waals surface area contributed by atoms with Gasteiger partial charge in [-0.15, -0.1) is 0 Å². The Balaban J connectivity index is 2.39. The molecule has 0 saturated carbocycles. The van der Waals surface area contributed by atoms with Gasteiger partial charge in [-0.25, -0.2) is 0 Å². The van der Waals surface area contributed by atoms with Gasteiger partial charge in [-0.2, -0.15) is 0 Å². The molecule has 0 aromatic carbocycles. The number of nitrogens with zero attached hydrogens (tertiary/aromatic N) is 1. The molecule has 1 atom stereocenters. The molecule has 1 aliphatic rings. The van der Waals surface area contributed by atoms with E-state index in [0.29, 0.717) is 6.04 Å². The Bertz CT molecular complexity index is 164. The molecule has 0 spiro atoms. The molecule has 1 N–H and O–H groups in total. The molecule has 0 radical (unpaired) electrons. The van der Waals surface area contributed by atoms with Gasteiger partial charge in [0.15, 0.2) is 0 Å². The Morgan fingerprint density at radius 2 is 2.46 bits per heavy atom. The highest BCUT2D eigenvalue weighted by molar-refractivity contribution is 9.11. The first kappa shape index (κ1) is 11.2. The van der Waals surface area contributed by atoms with Crippen molar-refractivity contribution < 1.29 is 0 Å². The second-order valence-corrected chi connectivity index (χ2v) is 4.76. The maximum atomic E-state index is 3.90. The lowest BCUT2D eigenvalue weighted by Gasteiger charge is -2.27. The van der Waals surface area contributed by atoms with Crippen molar-refractivity contribution in [1.82, 2.24) is 10.2 Å². The number of halogens is 1. The highest BCUT2D eigenvalue weighted by atomic mass is 79.9. The van der Waals surface area contributed by atoms with Crippen LogP contribution < -0.4 is 5.32 Å². The highest BCUT2D eigenvalue weighted by Crippen LogP contribution is 2.13. The molecule has 1 aliphatic heterocycles. The maximum Gasteiger partial charge on any atom is 0.0297 e. The number of nitrogens with one attached hydrogen (secondary N) is 1. The quantitative estimate of drug-likeness (QED) is 0.799. The average molecular weight is 247 g/mol. The van der Waals surface area contributed by atoms with Gasteiger partial charge in [0, 0.05) is 23.6 Å². The van der Waals surface area contributed by atoms with Gasteiger partial charge in [0.05, 0.1) is 0 Å². The fraction of sp³-hybridized carbons (Fsp3) is 0.800. The van der Waals surface area contributed by atoms with Gasteiger partial charge in [-0.3, -0.25) is 4.90 Å². The van der Waals surface area contributed by atoms with E-state index in [9.17, 15) is 0 Å². The van der Waals surface area contributed by atoms with Crippen LogP contribution in [0, 0.1) is 0 Å². The summed E-state index contributed by atoms with van der Waals surface area (Å²) in [7, 11) is 0. The molecule has 1 fully saturated rings. The van der Waals surface area contributed by atoms with Crippen LogP contribution >= 0.6 is 15.9 Å². The van der Waals surface area contributed by atoms with Crippen LogP contribution in [0.5, 0.6) is 0 Å². The van der Waals surface area contributed by atoms with Crippen molar-refractivity contribution in [1.29, 1.82) is 0 Å². The molecular weight excluding hydrogens is 228 g/mol. The molecule has 1 saturated heterocycles. The van der Waals surface area contributed by atoms with Gasteiger partial charge in [0.1, 0.15) is 0 Å². The summed E-state index contributed by atoms with van der Waals surface area (Å²) in [5.74, 6) is 0. The standard InChI is InChI=1S/C10H19BrN2/c1-3-6-13(8-9(2)11)10-4-5-12-7-10/h10,12H,2-8H2,1H3. The van der Waals surface area contributed by atoms with E-state index in [1.54, 1.807) is 0 Å². The van der Waals surface area contributed by atoms with Crippen molar-refractivity contribution in [2.45, 2.75) is 25.8 Å². The summed E-state index contributed by atoms with van der Waals surface area (Å²) in [4.78, 5) is 2.51. The third kappa shape index (κ3) is 3.79. The fourth-order valence-corrected chi connectivity index (χ4v) is 2.17. The van der Waals surface area contributed by atoms with Gasteiger partial charge < -0.3 is 5.32 Å². The molecule has 0 aromatic heterocycles. The molecular formula is C10H19BrN2. The molecule has 0 amide bonds. The zero-order valence-corrected chi connectivity index (χ0v) is 9.94. The molecule has 1 rings (SSSR count). The summed E-state index contributed by atoms with van der Waals surface area (Å²) in [6.45, 7) is 10.6. The van der Waals surface area contributed by atoms with Gasteiger partial charge in [0.25, 0.3) is 0 Å². The predicted octanol–water partition coefficient (Wildman–Crippen LogP) is 1.97. The third-order valence-electron chi connectivity index (χ3n) is 2.44. The normalized spacial score (nSPS) is 22.5. The molecule has 1 heterocycles. The van der Waals surface area contributed by atoms with Gasteiger partial charge in [-0.05, 0) is 25.9 Å². The van der Waals surface area contributed by atoms with Crippen LogP contribution in [0.2, 0.25) is 0 Å². The van der Waals surface area contributed by atoms with Crippen LogP contribution in [0.25, 0.3) is 0 Å². The van der Waals surface area contributed by atoms with E-state index in [0.717, 1.165) is 17.6 Å². The Morgan fingerprint density at radius 1 is 1.69 bits per heavy atom. The van der Waals surface area contributed by atoms with Crippen molar-refractivity contribution >= 4 is 15.9 Å². The first-order chi connectivity index (χ1) is 6.24. The van der Waals surface area contributed by atoms with Gasteiger partial charge >= 0.3 is 0 Å². The minimum Gasteiger partial charge on any atom is -0.315 e. The van der Waals surface area contributed by atoms with E-state index in [-0.39, 0.29) is 0 Å². The second-order valence-electron chi connectivity index (χ2n) is 3.63. The Kier molecular flexibility index (Phi) is 4.99. The van der Waals surface area contributed by atoms with Crippen LogP contribution in [0.4, 0.5) is 0 Å². The first-order valence-electron chi connectivity index (χ1n) is 5.02. The summed E-state index contributed by atoms with van der Waals surface area (Å²) < 4.78 is 1.09. The highest BCUT2D eigenvalue weighted by Gasteiger charge is 2.21. The smallest absolute Gasteiger partial charge is 0.0297 e. The Labute approximate surface area is 89.5 Å². The summed E-state index contributed by atoms with van der Waals surface area (Å²) in [5, 5.41) is 3.40. The van der Waals surface area contributed by atoms with E-state index >= 15 is 0 Å². The summed E-state index contributed by atoms with van der Waals surface area (Å²) in [6.07, 6.45) is 2.50. The minimum atomic E-state index is 0.717. The molecule has 0 aromatic rings. The summed E-state index contributed by atoms with van der Waals surface area (Å²) in [5.41, 5.74) is 0. The molecule has 0 bridgehead atoms. The van der Waals surface area contributed by atoms with E-state index < -0.39 is 0 Å². The number of rotatable bonds is 5. The predicted molar refractivity (Wildman–Crippen MR) is 61.2 cm³/mol. The molecule has 13 heavy (non-hydrogen) atoms. The first-order valence-corrected chi connectivity index (χ1v) is 5.81. The van der Waals surface area contributed by atoms with Crippen molar-refractivity contribution in [2.24, 2.45) is 0 Å². The fourth-order valence-electron chi connectivity index (χ4n) is 1.85. The molecule has 2 nitrogen and oxygen atoms in total. The zero-order valence-electron chi connectivity index (χ0n) is 8.35. The van der Waals surface area contributed by atoms with Crippen LogP contribution in [0.3, 0.4) is 0 Å². The van der Waals surface area contributed by atoms with Crippen LogP contribution in [0.1, 0.15) is 19.8 Å². The molecule has 0 aliphatic carbocycles. The Hall–Kier alpha value is 0.140. The van der Waals surface area contributed by atoms with E-state index in [1.807, 2.05) is 0 Å². The third-order valence-corrected chi connectivity index (χ3v) is 2.69. The molecule has 3 heteroatoms. The van der Waals surface area contributed by atoms with E-state index in [1.165, 1.54) is 25.9 Å². The lowest BCUT2D eigenvalue weighted by atomic mass is 10.2. The maximum absolute atomic E-state index is 3.90. The average Bonchev–Trinajstić information content (AvgIpc) is 2.54. The molecule has 76 valence electrons. The topological polar surface area (TPSA) is 15.3 Å². The lowest BCUT2D eigenvalue weighted by Crippen LogP contribution is -2.38. The number of hydrogen-bond acceptors (Lipinski definition) is 2. The minimum absolute atomic E-state index is 0.717. The number of hydrogen-bond donors (Lipinski definition) is 1. The zero-order chi connectivity index (χ0) is 9.68. The van der Waals surface area contributed by atoms with Crippen molar-refractivity contribution in [3.05, 3.63) is 11.1 Å². The van der Waals surface area contributed by atoms with Crippen LogP contribution in [-0.2, 0) is 0 Å². The summed E-state index contributed by atoms with van der Waals surface area (Å²) >= 11 is 3.44. The van der Waals surface area contributed by atoms with Crippen molar-refractivity contribution in [3.63, 3.8) is 0 Å². The van der Waals surface area contributed by atoms with Crippen LogP contribution in [-0.4, -0.2) is 37.1 Å². The van der Waals surface area contributed by atoms with Crippen molar-refractivity contribution in [3.8, 4) is 0 Å². The Morgan fingerprint density at radius 3 is 2.92 bits per heavy atom. The SMILES string of the molecule is C=C(Br)CN(CCC)C1CCNC1. The largest absolute Gasteiger partial charge is 0.315 e. The summed E-state index contributed by atoms with van der Waals surface area (Å²) in [6, 6.07) is 0.717. The van der Waals surface area contributed by atoms with Gasteiger partial charge in [0.2, 0.25) is 0 Å². The van der Waals surface area contributed by atoms with E-state index in [4.69, 9.17) is 0 Å². The second kappa shape index (κ2) is 5.78. The van der Waals surface area contributed by atoms with Crippen molar-refractivity contribution in [2.75, 3.05) is 26.2 Å². The van der Waals surface area contributed by atoms with E-state index in [2.05, 4.69) is 39.6 Å².